The van der Waals surface area contributed by atoms with Crippen LogP contribution in [-0.2, 0) is 17.1 Å². The van der Waals surface area contributed by atoms with Gasteiger partial charge in [0.05, 0.1) is 25.9 Å². The highest BCUT2D eigenvalue weighted by molar-refractivity contribution is 6.04. The van der Waals surface area contributed by atoms with E-state index in [0.717, 1.165) is 40.9 Å². The normalized spacial score (nSPS) is 21.2. The largest absolute Gasteiger partial charge is 0.393 e. The Hall–Kier alpha value is -3.43. The van der Waals surface area contributed by atoms with Crippen LogP contribution in [0, 0.1) is 6.92 Å². The second-order valence-electron chi connectivity index (χ2n) is 9.80. The van der Waals surface area contributed by atoms with Gasteiger partial charge in [0.1, 0.15) is 5.69 Å². The number of amides is 1. The molecule has 0 aliphatic carbocycles. The Morgan fingerprint density at radius 2 is 2.05 bits per heavy atom. The molecule has 3 aromatic rings. The number of halogens is 3. The number of carbonyl (C=O) groups excluding carboxylic acids is 1. The number of nitrogens with zero attached hydrogens (tertiary/aromatic N) is 2. The summed E-state index contributed by atoms with van der Waals surface area (Å²) in [5, 5.41) is 12.6. The summed E-state index contributed by atoms with van der Waals surface area (Å²) in [7, 11) is 0. The molecular formula is C28H28F3N3O3. The lowest BCUT2D eigenvalue weighted by atomic mass is 9.82. The van der Waals surface area contributed by atoms with Crippen molar-refractivity contribution in [2.45, 2.75) is 37.9 Å². The van der Waals surface area contributed by atoms with E-state index in [1.807, 2.05) is 42.2 Å². The average Bonchev–Trinajstić information content (AvgIpc) is 2.89. The minimum absolute atomic E-state index is 0.0828. The van der Waals surface area contributed by atoms with Gasteiger partial charge in [0.15, 0.2) is 5.67 Å². The monoisotopic (exact) mass is 511 g/mol. The number of aliphatic hydroxyl groups excluding tert-OH is 1. The van der Waals surface area contributed by atoms with E-state index in [9.17, 15) is 18.7 Å². The van der Waals surface area contributed by atoms with Crippen LogP contribution in [0.2, 0.25) is 0 Å². The number of anilines is 2. The number of hydrogen-bond acceptors (Lipinski definition) is 5. The van der Waals surface area contributed by atoms with Gasteiger partial charge in [-0.05, 0) is 59.5 Å². The summed E-state index contributed by atoms with van der Waals surface area (Å²) < 4.78 is 48.4. The molecule has 6 nitrogen and oxygen atoms in total. The predicted molar refractivity (Wildman–Crippen MR) is 135 cm³/mol. The summed E-state index contributed by atoms with van der Waals surface area (Å²) in [6, 6.07) is 13.2. The maximum absolute atomic E-state index is 15.6. The van der Waals surface area contributed by atoms with Gasteiger partial charge in [0.2, 0.25) is 0 Å². The van der Waals surface area contributed by atoms with Crippen molar-refractivity contribution in [3.05, 3.63) is 77.1 Å². The Morgan fingerprint density at radius 3 is 2.81 bits per heavy atom. The van der Waals surface area contributed by atoms with Gasteiger partial charge in [0.25, 0.3) is 11.8 Å². The third kappa shape index (κ3) is 4.81. The zero-order valence-corrected chi connectivity index (χ0v) is 20.6. The minimum Gasteiger partial charge on any atom is -0.393 e. The van der Waals surface area contributed by atoms with E-state index in [1.165, 1.54) is 12.3 Å². The molecule has 2 aromatic carbocycles. The van der Waals surface area contributed by atoms with Gasteiger partial charge >= 0.3 is 0 Å². The molecule has 2 atom stereocenters. The molecule has 1 amide bonds. The molecule has 5 rings (SSSR count). The highest BCUT2D eigenvalue weighted by Gasteiger charge is 2.48. The summed E-state index contributed by atoms with van der Waals surface area (Å²) in [5.74, 6) is -3.68. The summed E-state index contributed by atoms with van der Waals surface area (Å²) in [6.07, 6.45) is 1.29. The standard InChI is InChI=1S/C28H28F3N3O3/c1-17-3-6-21(33-26(36)19-7-8-32-24(12-19)27(2,29)30)13-22(17)18-4-5-20-14-28(31,16-35)25-15-37-10-9-34(25)23(20)11-18/h3-8,11-13,25,35H,9-10,14-16H2,1-2H3,(H,33,36)/t25-,28-/m0/s1. The molecule has 2 N–H and O–H groups in total. The third-order valence-corrected chi connectivity index (χ3v) is 7.15. The number of alkyl halides is 3. The molecule has 1 fully saturated rings. The van der Waals surface area contributed by atoms with E-state index < -0.39 is 35.8 Å². The Balaban J connectivity index is 1.45. The molecule has 0 saturated carbocycles. The highest BCUT2D eigenvalue weighted by atomic mass is 19.3. The first-order valence-corrected chi connectivity index (χ1v) is 12.1. The second-order valence-corrected chi connectivity index (χ2v) is 9.80. The van der Waals surface area contributed by atoms with Gasteiger partial charge in [-0.15, -0.1) is 0 Å². The van der Waals surface area contributed by atoms with Crippen molar-refractivity contribution in [3.8, 4) is 11.1 Å². The number of ether oxygens (including phenoxy) is 1. The van der Waals surface area contributed by atoms with Crippen molar-refractivity contribution in [1.29, 1.82) is 0 Å². The Bertz CT molecular complexity index is 1340. The number of morpholine rings is 1. The van der Waals surface area contributed by atoms with Crippen molar-refractivity contribution in [3.63, 3.8) is 0 Å². The SMILES string of the molecule is Cc1ccc(NC(=O)c2ccnc(C(C)(F)F)c2)cc1-c1ccc2c(c1)N1CCOC[C@H]1[C@@](F)(CO)C2. The molecule has 1 saturated heterocycles. The van der Waals surface area contributed by atoms with Crippen LogP contribution in [0.3, 0.4) is 0 Å². The Morgan fingerprint density at radius 1 is 1.24 bits per heavy atom. The molecule has 37 heavy (non-hydrogen) atoms. The van der Waals surface area contributed by atoms with Crippen LogP contribution in [0.1, 0.15) is 34.1 Å². The number of hydrogen-bond donors (Lipinski definition) is 2. The Kier molecular flexibility index (Phi) is 6.45. The molecule has 194 valence electrons. The molecule has 0 spiro atoms. The zero-order valence-electron chi connectivity index (χ0n) is 20.6. The molecule has 0 radical (unpaired) electrons. The van der Waals surface area contributed by atoms with Crippen LogP contribution in [0.15, 0.2) is 54.7 Å². The number of aryl methyl sites for hydroxylation is 1. The van der Waals surface area contributed by atoms with Crippen molar-refractivity contribution >= 4 is 17.3 Å². The molecule has 9 heteroatoms. The summed E-state index contributed by atoms with van der Waals surface area (Å²) >= 11 is 0. The molecule has 2 aliphatic heterocycles. The lowest BCUT2D eigenvalue weighted by Gasteiger charge is -2.48. The Labute approximate surface area is 213 Å². The van der Waals surface area contributed by atoms with E-state index in [1.54, 1.807) is 6.07 Å². The van der Waals surface area contributed by atoms with Crippen LogP contribution in [-0.4, -0.2) is 54.1 Å². The predicted octanol–water partition coefficient (Wildman–Crippen LogP) is 4.88. The fourth-order valence-corrected chi connectivity index (χ4v) is 5.09. The smallest absolute Gasteiger partial charge is 0.286 e. The lowest BCUT2D eigenvalue weighted by molar-refractivity contribution is -0.0173. The topological polar surface area (TPSA) is 74.7 Å². The van der Waals surface area contributed by atoms with E-state index >= 15 is 4.39 Å². The zero-order chi connectivity index (χ0) is 26.4. The summed E-state index contributed by atoms with van der Waals surface area (Å²) in [5.41, 5.74) is 2.82. The van der Waals surface area contributed by atoms with E-state index in [-0.39, 0.29) is 18.6 Å². The quantitative estimate of drug-likeness (QED) is 0.511. The van der Waals surface area contributed by atoms with Crippen LogP contribution in [0.5, 0.6) is 0 Å². The van der Waals surface area contributed by atoms with Gasteiger partial charge in [-0.25, -0.2) is 4.39 Å². The summed E-state index contributed by atoms with van der Waals surface area (Å²) in [4.78, 5) is 18.5. The second kappa shape index (κ2) is 9.46. The van der Waals surface area contributed by atoms with Crippen molar-refractivity contribution in [2.24, 2.45) is 0 Å². The van der Waals surface area contributed by atoms with Gasteiger partial charge in [-0.3, -0.25) is 9.78 Å². The van der Waals surface area contributed by atoms with Gasteiger partial charge < -0.3 is 20.1 Å². The highest BCUT2D eigenvalue weighted by Crippen LogP contribution is 2.42. The molecule has 0 bridgehead atoms. The minimum atomic E-state index is -3.15. The molecule has 2 aliphatic rings. The number of nitrogens with one attached hydrogen (secondary N) is 1. The number of aliphatic hydroxyl groups is 1. The van der Waals surface area contributed by atoms with Crippen molar-refractivity contribution < 1.29 is 27.8 Å². The van der Waals surface area contributed by atoms with Gasteiger partial charge in [0, 0.05) is 43.0 Å². The van der Waals surface area contributed by atoms with Crippen molar-refractivity contribution in [2.75, 3.05) is 36.6 Å². The fraction of sp³-hybridized carbons (Fsp3) is 0.357. The molecule has 0 unspecified atom stereocenters. The lowest BCUT2D eigenvalue weighted by Crippen LogP contribution is -2.62. The number of fused-ring (bicyclic) bond motifs is 3. The van der Waals surface area contributed by atoms with Crippen molar-refractivity contribution in [1.82, 2.24) is 4.98 Å². The average molecular weight is 512 g/mol. The van der Waals surface area contributed by atoms with Gasteiger partial charge in [-0.2, -0.15) is 8.78 Å². The number of carbonyl (C=O) groups is 1. The third-order valence-electron chi connectivity index (χ3n) is 7.15. The van der Waals surface area contributed by atoms with Crippen LogP contribution in [0.25, 0.3) is 11.1 Å². The fourth-order valence-electron chi connectivity index (χ4n) is 5.09. The number of rotatable bonds is 5. The van der Waals surface area contributed by atoms with Crippen LogP contribution < -0.4 is 10.2 Å². The maximum atomic E-state index is 15.6. The van der Waals surface area contributed by atoms with E-state index in [4.69, 9.17) is 4.74 Å². The van der Waals surface area contributed by atoms with Crippen LogP contribution >= 0.6 is 0 Å². The summed E-state index contributed by atoms with van der Waals surface area (Å²) in [6.45, 7) is 3.32. The maximum Gasteiger partial charge on any atom is 0.286 e. The first-order chi connectivity index (χ1) is 17.6. The molecular weight excluding hydrogens is 483 g/mol. The molecule has 3 heterocycles. The van der Waals surface area contributed by atoms with Gasteiger partial charge in [-0.1, -0.05) is 18.2 Å². The molecule has 1 aromatic heterocycles. The number of pyridine rings is 1. The first-order valence-electron chi connectivity index (χ1n) is 12.1. The first kappa shape index (κ1) is 25.2. The van der Waals surface area contributed by atoms with Crippen LogP contribution in [0.4, 0.5) is 24.5 Å². The van der Waals surface area contributed by atoms with E-state index in [2.05, 4.69) is 10.3 Å². The van der Waals surface area contributed by atoms with E-state index in [0.29, 0.717) is 18.8 Å². The number of aromatic nitrogens is 1. The number of benzene rings is 2.